The number of carboxylic acid groups (broad SMARTS) is 1. The van der Waals surface area contributed by atoms with Crippen molar-refractivity contribution in [1.82, 2.24) is 15.0 Å². The smallest absolute Gasteiger partial charge is 0.358 e. The number of aromatic nitrogens is 3. The quantitative estimate of drug-likeness (QED) is 0.841. The highest BCUT2D eigenvalue weighted by molar-refractivity contribution is 9.10. The molecule has 0 amide bonds. The Bertz CT molecular complexity index is 660. The number of halogens is 2. The van der Waals surface area contributed by atoms with E-state index in [0.29, 0.717) is 36.0 Å². The Morgan fingerprint density at radius 3 is 2.90 bits per heavy atom. The molecule has 2 rings (SSSR count). The topological polar surface area (TPSA) is 77.2 Å². The second-order valence-electron chi connectivity index (χ2n) is 4.19. The summed E-state index contributed by atoms with van der Waals surface area (Å²) in [6.07, 6.45) is 0.541. The van der Waals surface area contributed by atoms with E-state index in [2.05, 4.69) is 26.2 Å². The highest BCUT2D eigenvalue weighted by Gasteiger charge is 2.17. The zero-order valence-corrected chi connectivity index (χ0v) is 13.6. The van der Waals surface area contributed by atoms with Crippen molar-refractivity contribution in [1.29, 1.82) is 0 Å². The van der Waals surface area contributed by atoms with E-state index in [0.717, 1.165) is 4.47 Å². The Labute approximate surface area is 134 Å². The Morgan fingerprint density at radius 2 is 2.29 bits per heavy atom. The maximum Gasteiger partial charge on any atom is 0.358 e. The summed E-state index contributed by atoms with van der Waals surface area (Å²) < 4.78 is 7.93. The normalized spacial score (nSPS) is 10.6. The molecule has 0 aliphatic heterocycles. The average molecular weight is 375 g/mol. The van der Waals surface area contributed by atoms with Gasteiger partial charge in [-0.05, 0) is 40.5 Å². The molecule has 0 aliphatic rings. The molecular formula is C13H13BrClN3O3. The van der Waals surface area contributed by atoms with Gasteiger partial charge in [-0.1, -0.05) is 23.7 Å². The van der Waals surface area contributed by atoms with Crippen molar-refractivity contribution in [2.75, 3.05) is 6.61 Å². The first kappa shape index (κ1) is 15.8. The van der Waals surface area contributed by atoms with Crippen molar-refractivity contribution in [3.8, 4) is 5.75 Å². The number of ether oxygens (including phenoxy) is 1. The van der Waals surface area contributed by atoms with E-state index in [1.807, 2.05) is 6.92 Å². The van der Waals surface area contributed by atoms with Crippen molar-refractivity contribution in [2.45, 2.75) is 19.9 Å². The van der Waals surface area contributed by atoms with Gasteiger partial charge < -0.3 is 9.84 Å². The zero-order chi connectivity index (χ0) is 15.4. The molecular weight excluding hydrogens is 362 g/mol. The number of hydrogen-bond acceptors (Lipinski definition) is 4. The lowest BCUT2D eigenvalue weighted by molar-refractivity contribution is 0.0689. The van der Waals surface area contributed by atoms with Crippen LogP contribution < -0.4 is 4.74 Å². The number of aromatic carboxylic acids is 1. The summed E-state index contributed by atoms with van der Waals surface area (Å²) in [7, 11) is 0. The minimum atomic E-state index is -1.07. The van der Waals surface area contributed by atoms with Crippen molar-refractivity contribution < 1.29 is 14.6 Å². The van der Waals surface area contributed by atoms with E-state index in [4.69, 9.17) is 21.4 Å². The van der Waals surface area contributed by atoms with Crippen LogP contribution in [0.4, 0.5) is 0 Å². The van der Waals surface area contributed by atoms with Crippen LogP contribution in [0.3, 0.4) is 0 Å². The van der Waals surface area contributed by atoms with Crippen LogP contribution >= 0.6 is 27.5 Å². The summed E-state index contributed by atoms with van der Waals surface area (Å²) in [6.45, 7) is 2.62. The molecule has 0 aliphatic carbocycles. The van der Waals surface area contributed by atoms with Crippen molar-refractivity contribution in [2.24, 2.45) is 0 Å². The van der Waals surface area contributed by atoms with Gasteiger partial charge in [-0.25, -0.2) is 9.48 Å². The maximum absolute atomic E-state index is 11.0. The summed E-state index contributed by atoms with van der Waals surface area (Å²) in [4.78, 5) is 11.0. The third-order valence-electron chi connectivity index (χ3n) is 2.83. The van der Waals surface area contributed by atoms with Crippen molar-refractivity contribution >= 4 is 33.5 Å². The fourth-order valence-electron chi connectivity index (χ4n) is 1.86. The van der Waals surface area contributed by atoms with E-state index in [1.54, 1.807) is 22.9 Å². The van der Waals surface area contributed by atoms with Crippen LogP contribution in [0.25, 0.3) is 0 Å². The van der Waals surface area contributed by atoms with E-state index < -0.39 is 5.97 Å². The van der Waals surface area contributed by atoms with Gasteiger partial charge in [-0.2, -0.15) is 0 Å². The molecule has 1 aromatic heterocycles. The molecule has 0 unspecified atom stereocenters. The van der Waals surface area contributed by atoms with E-state index in [-0.39, 0.29) is 5.69 Å². The van der Waals surface area contributed by atoms with Crippen LogP contribution in [0.2, 0.25) is 5.02 Å². The van der Waals surface area contributed by atoms with E-state index in [9.17, 15) is 4.79 Å². The summed E-state index contributed by atoms with van der Waals surface area (Å²) in [5.74, 6) is -0.407. The summed E-state index contributed by atoms with van der Waals surface area (Å²) in [5, 5.41) is 17.1. The van der Waals surface area contributed by atoms with Gasteiger partial charge in [0.1, 0.15) is 12.4 Å². The van der Waals surface area contributed by atoms with Crippen molar-refractivity contribution in [3.63, 3.8) is 0 Å². The molecule has 1 aromatic carbocycles. The van der Waals surface area contributed by atoms with Gasteiger partial charge in [0.2, 0.25) is 0 Å². The molecule has 0 spiro atoms. The molecule has 0 bridgehead atoms. The molecule has 1 heterocycles. The van der Waals surface area contributed by atoms with Crippen molar-refractivity contribution in [3.05, 3.63) is 39.1 Å². The lowest BCUT2D eigenvalue weighted by atomic mass is 10.2. The lowest BCUT2D eigenvalue weighted by Gasteiger charge is -2.09. The molecule has 0 radical (unpaired) electrons. The third-order valence-corrected chi connectivity index (χ3v) is 3.68. The highest BCUT2D eigenvalue weighted by atomic mass is 79.9. The second-order valence-corrected chi connectivity index (χ2v) is 5.48. The molecule has 0 atom stereocenters. The Morgan fingerprint density at radius 1 is 1.52 bits per heavy atom. The number of hydrogen-bond donors (Lipinski definition) is 1. The summed E-state index contributed by atoms with van der Waals surface area (Å²) in [6, 6.07) is 5.24. The van der Waals surface area contributed by atoms with Crippen LogP contribution in [0.1, 0.15) is 23.1 Å². The third kappa shape index (κ3) is 3.74. The molecule has 8 heteroatoms. The van der Waals surface area contributed by atoms with Crippen LogP contribution in [-0.2, 0) is 13.0 Å². The summed E-state index contributed by atoms with van der Waals surface area (Å²) >= 11 is 9.22. The number of carboxylic acids is 1. The molecule has 0 saturated carbocycles. The fraction of sp³-hybridized carbons (Fsp3) is 0.308. The molecule has 0 fully saturated rings. The van der Waals surface area contributed by atoms with Gasteiger partial charge in [0, 0.05) is 5.02 Å². The van der Waals surface area contributed by atoms with E-state index >= 15 is 0 Å². The maximum atomic E-state index is 11.0. The number of benzene rings is 1. The minimum Gasteiger partial charge on any atom is -0.490 e. The van der Waals surface area contributed by atoms with Crippen LogP contribution in [-0.4, -0.2) is 32.7 Å². The first-order chi connectivity index (χ1) is 10.0. The SMILES string of the molecule is CCc1c(C(=O)O)nnn1CCOc1ccc(Cl)cc1Br. The first-order valence-corrected chi connectivity index (χ1v) is 7.43. The second kappa shape index (κ2) is 6.91. The van der Waals surface area contributed by atoms with Gasteiger partial charge in [-0.15, -0.1) is 5.10 Å². The van der Waals surface area contributed by atoms with Gasteiger partial charge in [0.25, 0.3) is 0 Å². The molecule has 2 aromatic rings. The van der Waals surface area contributed by atoms with Gasteiger partial charge in [0.05, 0.1) is 16.7 Å². The van der Waals surface area contributed by atoms with E-state index in [1.165, 1.54) is 0 Å². The Hall–Kier alpha value is -1.60. The molecule has 21 heavy (non-hydrogen) atoms. The molecule has 6 nitrogen and oxygen atoms in total. The van der Waals surface area contributed by atoms with Gasteiger partial charge in [-0.3, -0.25) is 0 Å². The molecule has 0 saturated heterocycles. The predicted molar refractivity (Wildman–Crippen MR) is 81.0 cm³/mol. The van der Waals surface area contributed by atoms with Gasteiger partial charge in [0.15, 0.2) is 5.69 Å². The number of nitrogens with zero attached hydrogens (tertiary/aromatic N) is 3. The monoisotopic (exact) mass is 373 g/mol. The Kier molecular flexibility index (Phi) is 5.19. The largest absolute Gasteiger partial charge is 0.490 e. The number of carbonyl (C=O) groups is 1. The first-order valence-electron chi connectivity index (χ1n) is 6.26. The minimum absolute atomic E-state index is 0.00910. The summed E-state index contributed by atoms with van der Waals surface area (Å²) in [5.41, 5.74) is 0.575. The Balaban J connectivity index is 2.02. The van der Waals surface area contributed by atoms with Gasteiger partial charge >= 0.3 is 5.97 Å². The fourth-order valence-corrected chi connectivity index (χ4v) is 2.66. The molecule has 112 valence electrons. The highest BCUT2D eigenvalue weighted by Crippen LogP contribution is 2.27. The van der Waals surface area contributed by atoms with Crippen LogP contribution in [0.15, 0.2) is 22.7 Å². The number of rotatable bonds is 6. The van der Waals surface area contributed by atoms with Crippen LogP contribution in [0, 0.1) is 0 Å². The lowest BCUT2D eigenvalue weighted by Crippen LogP contribution is -2.13. The standard InChI is InChI=1S/C13H13BrClN3O3/c1-2-10-12(13(19)20)16-17-18(10)5-6-21-11-4-3-8(15)7-9(11)14/h3-4,7H,2,5-6H2,1H3,(H,19,20). The predicted octanol–water partition coefficient (Wildman–Crippen LogP) is 3.03. The molecule has 1 N–H and O–H groups in total. The van der Waals surface area contributed by atoms with Crippen LogP contribution in [0.5, 0.6) is 5.75 Å². The average Bonchev–Trinajstić information content (AvgIpc) is 2.84. The zero-order valence-electron chi connectivity index (χ0n) is 11.2.